The first-order chi connectivity index (χ1) is 9.65. The van der Waals surface area contributed by atoms with Crippen LogP contribution in [-0.2, 0) is 0 Å². The predicted octanol–water partition coefficient (Wildman–Crippen LogP) is 2.45. The molecule has 1 aromatic rings. The number of nitrogens with zero attached hydrogens (tertiary/aromatic N) is 4. The molecular weight excluding hydrogens is 276 g/mol. The van der Waals surface area contributed by atoms with Gasteiger partial charge < -0.3 is 14.8 Å². The summed E-state index contributed by atoms with van der Waals surface area (Å²) >= 11 is 5.83. The topological polar surface area (TPSA) is 52.1 Å². The maximum absolute atomic E-state index is 12.5. The molecule has 20 heavy (non-hydrogen) atoms. The molecule has 0 unspecified atom stereocenters. The Morgan fingerprint density at radius 2 is 2.00 bits per heavy atom. The fourth-order valence-electron chi connectivity index (χ4n) is 3.41. The smallest absolute Gasteiger partial charge is 0.224 e. The summed E-state index contributed by atoms with van der Waals surface area (Å²) in [6, 6.07) is 1.90. The molecule has 3 rings (SSSR count). The third kappa shape index (κ3) is 3.22. The number of rotatable bonds is 3. The lowest BCUT2D eigenvalue weighted by Gasteiger charge is -2.43. The van der Waals surface area contributed by atoms with Crippen molar-refractivity contribution in [2.75, 3.05) is 37.6 Å². The van der Waals surface area contributed by atoms with Gasteiger partial charge in [-0.3, -0.25) is 0 Å². The molecule has 110 valence electrons. The number of halogens is 1. The van der Waals surface area contributed by atoms with Crippen LogP contribution in [-0.4, -0.2) is 47.3 Å². The summed E-state index contributed by atoms with van der Waals surface area (Å²) in [5, 5.41) is 12.7. The van der Waals surface area contributed by atoms with Crippen molar-refractivity contribution in [1.82, 2.24) is 9.97 Å². The average molecular weight is 297 g/mol. The van der Waals surface area contributed by atoms with Crippen LogP contribution in [0.5, 0.6) is 0 Å². The molecule has 0 aromatic carbocycles. The highest BCUT2D eigenvalue weighted by molar-refractivity contribution is 6.28. The Labute approximate surface area is 124 Å². The minimum Gasteiger partial charge on any atom is -0.633 e. The highest BCUT2D eigenvalue weighted by atomic mass is 35.5. The van der Waals surface area contributed by atoms with Crippen LogP contribution in [0.3, 0.4) is 0 Å². The minimum atomic E-state index is 0.0456. The third-order valence-corrected chi connectivity index (χ3v) is 4.70. The first-order valence-corrected chi connectivity index (χ1v) is 7.83. The molecule has 2 saturated heterocycles. The van der Waals surface area contributed by atoms with Crippen molar-refractivity contribution < 1.29 is 4.65 Å². The lowest BCUT2D eigenvalue weighted by Crippen LogP contribution is -2.46. The molecule has 3 heterocycles. The van der Waals surface area contributed by atoms with Crippen LogP contribution < -0.4 is 4.90 Å². The first-order valence-electron chi connectivity index (χ1n) is 7.45. The van der Waals surface area contributed by atoms with Gasteiger partial charge >= 0.3 is 0 Å². The third-order valence-electron chi connectivity index (χ3n) is 4.52. The molecular formula is C14H21ClN4O. The van der Waals surface area contributed by atoms with E-state index in [1.807, 2.05) is 6.07 Å². The lowest BCUT2D eigenvalue weighted by atomic mass is 9.96. The van der Waals surface area contributed by atoms with Gasteiger partial charge in [-0.2, -0.15) is 0 Å². The molecule has 6 heteroatoms. The zero-order valence-electron chi connectivity index (χ0n) is 11.7. The summed E-state index contributed by atoms with van der Waals surface area (Å²) in [6.07, 6.45) is 6.04. The molecule has 0 amide bonds. The molecule has 1 aromatic heterocycles. The highest BCUT2D eigenvalue weighted by Gasteiger charge is 2.29. The Balaban J connectivity index is 1.54. The van der Waals surface area contributed by atoms with Gasteiger partial charge in [0.2, 0.25) is 5.28 Å². The normalized spacial score (nSPS) is 23.2. The quantitative estimate of drug-likeness (QED) is 0.488. The second-order valence-corrected chi connectivity index (χ2v) is 6.35. The summed E-state index contributed by atoms with van der Waals surface area (Å²) < 4.78 is 0.0456. The van der Waals surface area contributed by atoms with E-state index < -0.39 is 0 Å². The average Bonchev–Trinajstić information content (AvgIpc) is 2.86. The predicted molar refractivity (Wildman–Crippen MR) is 79.4 cm³/mol. The largest absolute Gasteiger partial charge is 0.633 e. The number of hydrogen-bond acceptors (Lipinski definition) is 4. The molecule has 2 aliphatic heterocycles. The SMILES string of the molecule is [O-][N+]1(CC2CCN(c3ccnc(Cl)n3)CC2)CCCC1. The van der Waals surface area contributed by atoms with Gasteiger partial charge in [0, 0.05) is 38.0 Å². The van der Waals surface area contributed by atoms with E-state index in [9.17, 15) is 5.21 Å². The summed E-state index contributed by atoms with van der Waals surface area (Å²) in [7, 11) is 0. The summed E-state index contributed by atoms with van der Waals surface area (Å²) in [5.41, 5.74) is 0. The fourth-order valence-corrected chi connectivity index (χ4v) is 3.55. The van der Waals surface area contributed by atoms with E-state index in [4.69, 9.17) is 11.6 Å². The number of anilines is 1. The van der Waals surface area contributed by atoms with Gasteiger partial charge in [-0.15, -0.1) is 0 Å². The van der Waals surface area contributed by atoms with Crippen LogP contribution in [0, 0.1) is 11.1 Å². The van der Waals surface area contributed by atoms with Crippen molar-refractivity contribution in [3.8, 4) is 0 Å². The number of quaternary nitrogens is 1. The van der Waals surface area contributed by atoms with Gasteiger partial charge in [-0.25, -0.2) is 9.97 Å². The fraction of sp³-hybridized carbons (Fsp3) is 0.714. The van der Waals surface area contributed by atoms with Gasteiger partial charge in [0.1, 0.15) is 5.82 Å². The molecule has 0 N–H and O–H groups in total. The van der Waals surface area contributed by atoms with Crippen molar-refractivity contribution in [2.45, 2.75) is 25.7 Å². The minimum absolute atomic E-state index is 0.0456. The summed E-state index contributed by atoms with van der Waals surface area (Å²) in [5.74, 6) is 1.45. The van der Waals surface area contributed by atoms with Gasteiger partial charge in [0.15, 0.2) is 0 Å². The Morgan fingerprint density at radius 1 is 1.30 bits per heavy atom. The monoisotopic (exact) mass is 296 g/mol. The molecule has 5 nitrogen and oxygen atoms in total. The first kappa shape index (κ1) is 14.0. The molecule has 0 atom stereocenters. The second-order valence-electron chi connectivity index (χ2n) is 6.01. The maximum atomic E-state index is 12.5. The van der Waals surface area contributed by atoms with E-state index in [0.29, 0.717) is 11.2 Å². The molecule has 0 spiro atoms. The molecule has 0 bridgehead atoms. The van der Waals surface area contributed by atoms with Crippen LogP contribution in [0.4, 0.5) is 5.82 Å². The zero-order chi connectivity index (χ0) is 14.0. The van der Waals surface area contributed by atoms with Crippen molar-refractivity contribution in [1.29, 1.82) is 0 Å². The standard InChI is InChI=1S/C14H21ClN4O/c15-14-16-6-3-13(17-14)18-7-4-12(5-8-18)11-19(20)9-1-2-10-19/h3,6,12H,1-2,4-5,7-11H2. The maximum Gasteiger partial charge on any atom is 0.224 e. The van der Waals surface area contributed by atoms with E-state index in [-0.39, 0.29) is 4.65 Å². The second kappa shape index (κ2) is 5.84. The summed E-state index contributed by atoms with van der Waals surface area (Å²) in [4.78, 5) is 10.4. The Morgan fingerprint density at radius 3 is 2.65 bits per heavy atom. The number of hydroxylamine groups is 3. The Hall–Kier alpha value is -0.910. The highest BCUT2D eigenvalue weighted by Crippen LogP contribution is 2.27. The van der Waals surface area contributed by atoms with E-state index in [1.165, 1.54) is 0 Å². The number of piperidine rings is 1. The van der Waals surface area contributed by atoms with Crippen molar-refractivity contribution in [3.63, 3.8) is 0 Å². The van der Waals surface area contributed by atoms with E-state index >= 15 is 0 Å². The number of likely N-dealkylation sites (tertiary alicyclic amines) is 1. The van der Waals surface area contributed by atoms with Crippen LogP contribution in [0.25, 0.3) is 0 Å². The van der Waals surface area contributed by atoms with Gasteiger partial charge in [0.05, 0.1) is 19.6 Å². The van der Waals surface area contributed by atoms with E-state index in [0.717, 1.165) is 64.2 Å². The van der Waals surface area contributed by atoms with Crippen LogP contribution in [0.1, 0.15) is 25.7 Å². The van der Waals surface area contributed by atoms with E-state index in [2.05, 4.69) is 14.9 Å². The number of aromatic nitrogens is 2. The van der Waals surface area contributed by atoms with Gasteiger partial charge in [-0.1, -0.05) is 0 Å². The van der Waals surface area contributed by atoms with Gasteiger partial charge in [0.25, 0.3) is 0 Å². The van der Waals surface area contributed by atoms with Crippen LogP contribution >= 0.6 is 11.6 Å². The number of hydrogen-bond donors (Lipinski definition) is 0. The van der Waals surface area contributed by atoms with Gasteiger partial charge in [-0.05, 0) is 30.5 Å². The molecule has 0 radical (unpaired) electrons. The van der Waals surface area contributed by atoms with Crippen molar-refractivity contribution >= 4 is 17.4 Å². The molecule has 0 aliphatic carbocycles. The lowest BCUT2D eigenvalue weighted by molar-refractivity contribution is -0.871. The van der Waals surface area contributed by atoms with Crippen LogP contribution in [0.15, 0.2) is 12.3 Å². The Bertz CT molecular complexity index is 456. The molecule has 2 aliphatic rings. The molecule has 2 fully saturated rings. The van der Waals surface area contributed by atoms with Crippen LogP contribution in [0.2, 0.25) is 5.28 Å². The Kier molecular flexibility index (Phi) is 4.10. The van der Waals surface area contributed by atoms with E-state index in [1.54, 1.807) is 6.20 Å². The summed E-state index contributed by atoms with van der Waals surface area (Å²) in [6.45, 7) is 4.36. The zero-order valence-corrected chi connectivity index (χ0v) is 12.4. The molecule has 0 saturated carbocycles. The van der Waals surface area contributed by atoms with Crippen molar-refractivity contribution in [3.05, 3.63) is 22.8 Å². The van der Waals surface area contributed by atoms with Crippen molar-refractivity contribution in [2.24, 2.45) is 5.92 Å².